The first-order valence-electron chi connectivity index (χ1n) is 5.51. The first kappa shape index (κ1) is 11.2. The third kappa shape index (κ3) is 1.98. The Hall–Kier alpha value is -0.930. The molecule has 1 aliphatic carbocycles. The topological polar surface area (TPSA) is 25.8 Å². The van der Waals surface area contributed by atoms with Gasteiger partial charge >= 0.3 is 0 Å². The van der Waals surface area contributed by atoms with Crippen molar-refractivity contribution >= 4 is 27.5 Å². The highest BCUT2D eigenvalue weighted by Crippen LogP contribution is 2.37. The molecule has 1 aliphatic rings. The standard InChI is InChI=1S/C13H10BrClN2/c14-11-7-16-13(17-12(11)15)10-6-5-8-3-1-2-4-9(8)10/h1-4,7,10H,5-6H2. The van der Waals surface area contributed by atoms with Gasteiger partial charge in [0.05, 0.1) is 4.47 Å². The van der Waals surface area contributed by atoms with E-state index < -0.39 is 0 Å². The fourth-order valence-electron chi connectivity index (χ4n) is 2.35. The number of halogens is 2. The molecule has 1 aromatic carbocycles. The zero-order valence-electron chi connectivity index (χ0n) is 9.03. The third-order valence-electron chi connectivity index (χ3n) is 3.16. The summed E-state index contributed by atoms with van der Waals surface area (Å²) < 4.78 is 0.745. The van der Waals surface area contributed by atoms with E-state index >= 15 is 0 Å². The van der Waals surface area contributed by atoms with E-state index in [1.165, 1.54) is 11.1 Å². The van der Waals surface area contributed by atoms with Gasteiger partial charge in [0, 0.05) is 12.1 Å². The van der Waals surface area contributed by atoms with Crippen LogP contribution in [0.25, 0.3) is 0 Å². The third-order valence-corrected chi connectivity index (χ3v) is 4.26. The van der Waals surface area contributed by atoms with Crippen LogP contribution in [0.4, 0.5) is 0 Å². The number of benzene rings is 1. The summed E-state index contributed by atoms with van der Waals surface area (Å²) in [6, 6.07) is 8.48. The van der Waals surface area contributed by atoms with Crippen LogP contribution in [0.3, 0.4) is 0 Å². The second kappa shape index (κ2) is 4.39. The van der Waals surface area contributed by atoms with Crippen molar-refractivity contribution in [1.82, 2.24) is 9.97 Å². The molecule has 1 aromatic heterocycles. The molecule has 2 aromatic rings. The Morgan fingerprint density at radius 3 is 2.94 bits per heavy atom. The molecule has 0 N–H and O–H groups in total. The molecule has 0 amide bonds. The molecule has 0 saturated carbocycles. The van der Waals surface area contributed by atoms with Crippen LogP contribution in [0.2, 0.25) is 5.15 Å². The van der Waals surface area contributed by atoms with Crippen molar-refractivity contribution in [3.63, 3.8) is 0 Å². The van der Waals surface area contributed by atoms with Gasteiger partial charge in [-0.05, 0) is 39.9 Å². The van der Waals surface area contributed by atoms with Crippen molar-refractivity contribution in [2.24, 2.45) is 0 Å². The zero-order valence-corrected chi connectivity index (χ0v) is 11.4. The van der Waals surface area contributed by atoms with Crippen LogP contribution >= 0.6 is 27.5 Å². The van der Waals surface area contributed by atoms with E-state index in [-0.39, 0.29) is 5.92 Å². The highest BCUT2D eigenvalue weighted by molar-refractivity contribution is 9.10. The lowest BCUT2D eigenvalue weighted by Crippen LogP contribution is -2.03. The minimum Gasteiger partial charge on any atom is -0.239 e. The first-order valence-corrected chi connectivity index (χ1v) is 6.68. The largest absolute Gasteiger partial charge is 0.239 e. The summed E-state index contributed by atoms with van der Waals surface area (Å²) in [6.45, 7) is 0. The van der Waals surface area contributed by atoms with E-state index in [1.54, 1.807) is 6.20 Å². The predicted molar refractivity (Wildman–Crippen MR) is 71.3 cm³/mol. The Morgan fingerprint density at radius 2 is 2.12 bits per heavy atom. The number of nitrogens with zero attached hydrogens (tertiary/aromatic N) is 2. The Labute approximate surface area is 113 Å². The molecule has 17 heavy (non-hydrogen) atoms. The lowest BCUT2D eigenvalue weighted by atomic mass is 10.0. The summed E-state index contributed by atoms with van der Waals surface area (Å²) >= 11 is 9.33. The Bertz CT molecular complexity index is 571. The average molecular weight is 310 g/mol. The van der Waals surface area contributed by atoms with E-state index in [1.807, 2.05) is 0 Å². The van der Waals surface area contributed by atoms with Crippen molar-refractivity contribution in [3.05, 3.63) is 57.0 Å². The van der Waals surface area contributed by atoms with Gasteiger partial charge in [-0.25, -0.2) is 9.97 Å². The van der Waals surface area contributed by atoms with Crippen molar-refractivity contribution in [2.45, 2.75) is 18.8 Å². The molecule has 4 heteroatoms. The molecule has 0 bridgehead atoms. The molecular weight excluding hydrogens is 300 g/mol. The number of hydrogen-bond acceptors (Lipinski definition) is 2. The van der Waals surface area contributed by atoms with Gasteiger partial charge in [0.2, 0.25) is 0 Å². The van der Waals surface area contributed by atoms with E-state index in [0.717, 1.165) is 23.1 Å². The van der Waals surface area contributed by atoms with Gasteiger partial charge in [-0.15, -0.1) is 0 Å². The van der Waals surface area contributed by atoms with Crippen LogP contribution < -0.4 is 0 Å². The maximum Gasteiger partial charge on any atom is 0.146 e. The number of fused-ring (bicyclic) bond motifs is 1. The average Bonchev–Trinajstić information content (AvgIpc) is 2.76. The van der Waals surface area contributed by atoms with Crippen molar-refractivity contribution in [3.8, 4) is 0 Å². The molecule has 0 saturated heterocycles. The van der Waals surface area contributed by atoms with E-state index in [2.05, 4.69) is 50.2 Å². The molecule has 1 heterocycles. The van der Waals surface area contributed by atoms with Crippen molar-refractivity contribution in [1.29, 1.82) is 0 Å². The quantitative estimate of drug-likeness (QED) is 0.745. The van der Waals surface area contributed by atoms with Crippen LogP contribution in [0.1, 0.15) is 29.3 Å². The predicted octanol–water partition coefficient (Wildman–Crippen LogP) is 3.97. The maximum absolute atomic E-state index is 6.02. The summed E-state index contributed by atoms with van der Waals surface area (Å²) in [4.78, 5) is 8.74. The van der Waals surface area contributed by atoms with Crippen LogP contribution in [0, 0.1) is 0 Å². The highest BCUT2D eigenvalue weighted by Gasteiger charge is 2.25. The van der Waals surface area contributed by atoms with Gasteiger partial charge < -0.3 is 0 Å². The van der Waals surface area contributed by atoms with Crippen molar-refractivity contribution < 1.29 is 0 Å². The normalized spacial score (nSPS) is 18.1. The minimum absolute atomic E-state index is 0.289. The first-order chi connectivity index (χ1) is 8.25. The van der Waals surface area contributed by atoms with Crippen LogP contribution in [-0.4, -0.2) is 9.97 Å². The van der Waals surface area contributed by atoms with Gasteiger partial charge in [-0.2, -0.15) is 0 Å². The second-order valence-corrected chi connectivity index (χ2v) is 5.37. The second-order valence-electron chi connectivity index (χ2n) is 4.16. The van der Waals surface area contributed by atoms with Gasteiger partial charge in [-0.1, -0.05) is 35.9 Å². The number of hydrogen-bond donors (Lipinski definition) is 0. The monoisotopic (exact) mass is 308 g/mol. The summed E-state index contributed by atoms with van der Waals surface area (Å²) in [5.74, 6) is 1.11. The molecule has 0 aliphatic heterocycles. The molecule has 3 rings (SSSR count). The fourth-order valence-corrected chi connectivity index (χ4v) is 2.68. The van der Waals surface area contributed by atoms with E-state index in [9.17, 15) is 0 Å². The van der Waals surface area contributed by atoms with Gasteiger partial charge in [0.15, 0.2) is 0 Å². The zero-order chi connectivity index (χ0) is 11.8. The minimum atomic E-state index is 0.289. The highest BCUT2D eigenvalue weighted by atomic mass is 79.9. The van der Waals surface area contributed by atoms with Crippen LogP contribution in [0.5, 0.6) is 0 Å². The molecule has 0 radical (unpaired) electrons. The van der Waals surface area contributed by atoms with Crippen LogP contribution in [-0.2, 0) is 6.42 Å². The Kier molecular flexibility index (Phi) is 2.89. The molecule has 2 nitrogen and oxygen atoms in total. The number of aromatic nitrogens is 2. The lowest BCUT2D eigenvalue weighted by Gasteiger charge is -2.10. The van der Waals surface area contributed by atoms with Gasteiger partial charge in [-0.3, -0.25) is 0 Å². The van der Waals surface area contributed by atoms with Gasteiger partial charge in [0.1, 0.15) is 11.0 Å². The van der Waals surface area contributed by atoms with Crippen molar-refractivity contribution in [2.75, 3.05) is 0 Å². The molecule has 0 spiro atoms. The molecule has 86 valence electrons. The molecule has 0 fully saturated rings. The fraction of sp³-hybridized carbons (Fsp3) is 0.231. The SMILES string of the molecule is Clc1nc(C2CCc3ccccc32)ncc1Br. The Balaban J connectivity index is 2.04. The molecular formula is C13H10BrClN2. The molecule has 1 unspecified atom stereocenters. The molecule has 1 atom stereocenters. The number of aryl methyl sites for hydroxylation is 1. The number of rotatable bonds is 1. The van der Waals surface area contributed by atoms with Crippen LogP contribution in [0.15, 0.2) is 34.9 Å². The summed E-state index contributed by atoms with van der Waals surface area (Å²) in [5.41, 5.74) is 2.74. The van der Waals surface area contributed by atoms with Gasteiger partial charge in [0.25, 0.3) is 0 Å². The smallest absolute Gasteiger partial charge is 0.146 e. The van der Waals surface area contributed by atoms with E-state index in [0.29, 0.717) is 5.15 Å². The summed E-state index contributed by atoms with van der Waals surface area (Å²) in [7, 11) is 0. The van der Waals surface area contributed by atoms with E-state index in [4.69, 9.17) is 11.6 Å². The maximum atomic E-state index is 6.02. The Morgan fingerprint density at radius 1 is 1.29 bits per heavy atom. The lowest BCUT2D eigenvalue weighted by molar-refractivity contribution is 0.727. The summed E-state index contributed by atoms with van der Waals surface area (Å²) in [5, 5.41) is 0.486. The summed E-state index contributed by atoms with van der Waals surface area (Å²) in [6.07, 6.45) is 3.89.